The zero-order valence-electron chi connectivity index (χ0n) is 30.2. The van der Waals surface area contributed by atoms with E-state index in [2.05, 4.69) is 91.2 Å². The van der Waals surface area contributed by atoms with Gasteiger partial charge in [-0.3, -0.25) is 0 Å². The van der Waals surface area contributed by atoms with Crippen LogP contribution in [0.1, 0.15) is 25.0 Å². The van der Waals surface area contributed by atoms with Gasteiger partial charge in [0.1, 0.15) is 5.52 Å². The van der Waals surface area contributed by atoms with Crippen LogP contribution < -0.4 is 0 Å². The monoisotopic (exact) mass is 707 g/mol. The summed E-state index contributed by atoms with van der Waals surface area (Å²) in [5.41, 5.74) is 13.5. The van der Waals surface area contributed by atoms with Crippen LogP contribution in [0.2, 0.25) is 0 Å². The van der Waals surface area contributed by atoms with Crippen molar-refractivity contribution >= 4 is 32.9 Å². The second kappa shape index (κ2) is 11.9. The average Bonchev–Trinajstić information content (AvgIpc) is 3.89. The minimum Gasteiger partial charge on any atom is -0.436 e. The lowest BCUT2D eigenvalue weighted by Crippen LogP contribution is -2.15. The molecule has 1 aliphatic rings. The van der Waals surface area contributed by atoms with Gasteiger partial charge in [0.15, 0.2) is 23.1 Å². The van der Waals surface area contributed by atoms with Gasteiger partial charge in [0.25, 0.3) is 0 Å². The van der Waals surface area contributed by atoms with Crippen molar-refractivity contribution in [2.24, 2.45) is 0 Å². The van der Waals surface area contributed by atoms with Gasteiger partial charge in [-0.2, -0.15) is 0 Å². The molecule has 10 aromatic rings. The molecular weight excluding hydrogens is 675 g/mol. The molecule has 0 saturated heterocycles. The van der Waals surface area contributed by atoms with E-state index in [9.17, 15) is 0 Å². The Hall–Kier alpha value is -7.18. The maximum Gasteiger partial charge on any atom is 0.227 e. The van der Waals surface area contributed by atoms with E-state index in [1.807, 2.05) is 91.0 Å². The van der Waals surface area contributed by atoms with Gasteiger partial charge in [0.05, 0.1) is 11.0 Å². The molecule has 1 aliphatic carbocycles. The molecule has 3 aromatic heterocycles. The fraction of sp³-hybridized carbons (Fsp3) is 0.0612. The molecule has 0 atom stereocenters. The molecule has 0 aliphatic heterocycles. The highest BCUT2D eigenvalue weighted by Crippen LogP contribution is 2.52. The van der Waals surface area contributed by atoms with Crippen LogP contribution in [0.5, 0.6) is 0 Å². The summed E-state index contributed by atoms with van der Waals surface area (Å²) in [6, 6.07) is 56.7. The number of hydrogen-bond acceptors (Lipinski definition) is 5. The van der Waals surface area contributed by atoms with E-state index in [4.69, 9.17) is 24.4 Å². The van der Waals surface area contributed by atoms with Crippen LogP contribution in [0.4, 0.5) is 0 Å². The number of fused-ring (bicyclic) bond motifs is 8. The summed E-state index contributed by atoms with van der Waals surface area (Å²) in [6.07, 6.45) is 0. The van der Waals surface area contributed by atoms with Crippen molar-refractivity contribution in [3.8, 4) is 62.4 Å². The Balaban J connectivity index is 1.07. The van der Waals surface area contributed by atoms with Gasteiger partial charge in [-0.1, -0.05) is 123 Å². The van der Waals surface area contributed by atoms with E-state index in [-0.39, 0.29) is 5.41 Å². The number of rotatable bonds is 5. The molecule has 0 radical (unpaired) electrons. The molecular formula is C49H33N5O. The average molecular weight is 708 g/mol. The van der Waals surface area contributed by atoms with Crippen molar-refractivity contribution in [2.45, 2.75) is 19.3 Å². The van der Waals surface area contributed by atoms with Gasteiger partial charge in [0, 0.05) is 44.1 Å². The topological polar surface area (TPSA) is 69.6 Å². The summed E-state index contributed by atoms with van der Waals surface area (Å²) in [4.78, 5) is 20.0. The van der Waals surface area contributed by atoms with Crippen molar-refractivity contribution in [1.82, 2.24) is 24.5 Å². The summed E-state index contributed by atoms with van der Waals surface area (Å²) in [7, 11) is 0. The number of nitrogens with zero attached hydrogens (tertiary/aromatic N) is 5. The number of aromatic nitrogens is 5. The van der Waals surface area contributed by atoms with E-state index in [0.29, 0.717) is 23.4 Å². The molecule has 3 heterocycles. The lowest BCUT2D eigenvalue weighted by Gasteiger charge is -2.21. The van der Waals surface area contributed by atoms with Gasteiger partial charge < -0.3 is 8.98 Å². The Kier molecular flexibility index (Phi) is 6.79. The highest BCUT2D eigenvalue weighted by molar-refractivity contribution is 6.10. The SMILES string of the molecule is CC1(C)c2ccc(-n3c4ccccc4c4cc(-c5nc(-c6ccccc6)nc(-c6ccccc6)n5)ccc43)cc2-c2ccc3oc(-c4ccccc4)nc3c21. The lowest BCUT2D eigenvalue weighted by atomic mass is 9.82. The van der Waals surface area contributed by atoms with Crippen LogP contribution in [0, 0.1) is 0 Å². The van der Waals surface area contributed by atoms with Crippen LogP contribution in [-0.2, 0) is 5.41 Å². The third-order valence-corrected chi connectivity index (χ3v) is 11.1. The van der Waals surface area contributed by atoms with Crippen molar-refractivity contribution in [3.63, 3.8) is 0 Å². The van der Waals surface area contributed by atoms with Crippen molar-refractivity contribution in [3.05, 3.63) is 175 Å². The standard InChI is InChI=1S/C49H33N5O/c1-49(2)39-25-23-34(29-37(39)36-24-27-42-44(43(36)49)50-48(55-42)32-18-10-5-11-19-32)54-40-21-13-12-20-35(40)38-28-33(22-26-41(38)54)47-52-45(30-14-6-3-7-15-30)51-46(53-47)31-16-8-4-9-17-31/h3-29H,1-2H3. The van der Waals surface area contributed by atoms with E-state index in [1.54, 1.807) is 0 Å². The fourth-order valence-corrected chi connectivity index (χ4v) is 8.46. The van der Waals surface area contributed by atoms with Crippen LogP contribution in [-0.4, -0.2) is 24.5 Å². The van der Waals surface area contributed by atoms with Crippen LogP contribution >= 0.6 is 0 Å². The molecule has 0 bridgehead atoms. The third-order valence-electron chi connectivity index (χ3n) is 11.1. The quantitative estimate of drug-likeness (QED) is 0.178. The third kappa shape index (κ3) is 4.88. The summed E-state index contributed by atoms with van der Waals surface area (Å²) in [5, 5.41) is 2.30. The number of benzene rings is 7. The molecule has 55 heavy (non-hydrogen) atoms. The van der Waals surface area contributed by atoms with Crippen LogP contribution in [0.25, 0.3) is 95.3 Å². The molecule has 0 spiro atoms. The summed E-state index contributed by atoms with van der Waals surface area (Å²) < 4.78 is 8.70. The van der Waals surface area contributed by atoms with E-state index in [0.717, 1.165) is 55.5 Å². The minimum atomic E-state index is -0.259. The van der Waals surface area contributed by atoms with E-state index in [1.165, 1.54) is 27.6 Å². The normalized spacial score (nSPS) is 13.1. The summed E-state index contributed by atoms with van der Waals surface area (Å²) in [6.45, 7) is 4.59. The van der Waals surface area contributed by atoms with Gasteiger partial charge in [0.2, 0.25) is 5.89 Å². The number of oxazole rings is 1. The number of hydrogen-bond donors (Lipinski definition) is 0. The summed E-state index contributed by atoms with van der Waals surface area (Å²) >= 11 is 0. The maximum atomic E-state index is 6.32. The Morgan fingerprint density at radius 2 is 1.07 bits per heavy atom. The predicted molar refractivity (Wildman–Crippen MR) is 221 cm³/mol. The van der Waals surface area contributed by atoms with E-state index >= 15 is 0 Å². The van der Waals surface area contributed by atoms with Crippen LogP contribution in [0.15, 0.2) is 168 Å². The Labute approximate surface area is 317 Å². The zero-order valence-corrected chi connectivity index (χ0v) is 30.2. The van der Waals surface area contributed by atoms with Crippen molar-refractivity contribution < 1.29 is 4.42 Å². The zero-order chi connectivity index (χ0) is 36.7. The number of para-hydroxylation sites is 1. The Morgan fingerprint density at radius 3 is 1.76 bits per heavy atom. The molecule has 7 aromatic carbocycles. The molecule has 0 amide bonds. The first-order valence-corrected chi connectivity index (χ1v) is 18.6. The maximum absolute atomic E-state index is 6.32. The van der Waals surface area contributed by atoms with Gasteiger partial charge >= 0.3 is 0 Å². The fourth-order valence-electron chi connectivity index (χ4n) is 8.46. The molecule has 0 fully saturated rings. The molecule has 0 N–H and O–H groups in total. The molecule has 6 heteroatoms. The van der Waals surface area contributed by atoms with Gasteiger partial charge in [-0.25, -0.2) is 19.9 Å². The molecule has 260 valence electrons. The van der Waals surface area contributed by atoms with Crippen molar-refractivity contribution in [2.75, 3.05) is 0 Å². The summed E-state index contributed by atoms with van der Waals surface area (Å²) in [5.74, 6) is 2.57. The second-order valence-electron chi connectivity index (χ2n) is 14.7. The predicted octanol–water partition coefficient (Wildman–Crippen LogP) is 12.1. The Morgan fingerprint density at radius 1 is 0.473 bits per heavy atom. The highest BCUT2D eigenvalue weighted by atomic mass is 16.3. The first kappa shape index (κ1) is 31.4. The molecule has 0 unspecified atom stereocenters. The smallest absolute Gasteiger partial charge is 0.227 e. The molecule has 6 nitrogen and oxygen atoms in total. The minimum absolute atomic E-state index is 0.259. The first-order valence-electron chi connectivity index (χ1n) is 18.6. The Bertz CT molecular complexity index is 3050. The van der Waals surface area contributed by atoms with Gasteiger partial charge in [-0.05, 0) is 76.9 Å². The highest BCUT2D eigenvalue weighted by Gasteiger charge is 2.38. The lowest BCUT2D eigenvalue weighted by molar-refractivity contribution is 0.619. The molecule has 0 saturated carbocycles. The second-order valence-corrected chi connectivity index (χ2v) is 14.7. The van der Waals surface area contributed by atoms with Gasteiger partial charge in [-0.15, -0.1) is 0 Å². The van der Waals surface area contributed by atoms with E-state index < -0.39 is 0 Å². The largest absolute Gasteiger partial charge is 0.436 e. The first-order chi connectivity index (χ1) is 27.0. The van der Waals surface area contributed by atoms with Crippen LogP contribution in [0.3, 0.4) is 0 Å². The van der Waals surface area contributed by atoms with Crippen molar-refractivity contribution in [1.29, 1.82) is 0 Å². The molecule has 11 rings (SSSR count).